The predicted molar refractivity (Wildman–Crippen MR) is 44.8 cm³/mol. The Bertz CT molecular complexity index is 230. The summed E-state index contributed by atoms with van der Waals surface area (Å²) in [5, 5.41) is 2.87. The average Bonchev–Trinajstić information content (AvgIpc) is 2.33. The molecule has 62 valence electrons. The van der Waals surface area contributed by atoms with Gasteiger partial charge in [-0.1, -0.05) is 13.3 Å². The molecule has 0 aliphatic rings. The van der Waals surface area contributed by atoms with E-state index in [-0.39, 0.29) is 0 Å². The predicted octanol–water partition coefficient (Wildman–Crippen LogP) is 1.98. The van der Waals surface area contributed by atoms with Crippen molar-refractivity contribution < 1.29 is 4.42 Å². The largest absolute Gasteiger partial charge is 0.429 e. The smallest absolute Gasteiger partial charge is 0.294 e. The van der Waals surface area contributed by atoms with Crippen molar-refractivity contribution in [1.82, 2.24) is 4.98 Å². The quantitative estimate of drug-likeness (QED) is 0.723. The lowest BCUT2D eigenvalue weighted by molar-refractivity contribution is 0.540. The minimum Gasteiger partial charge on any atom is -0.429 e. The molecule has 1 heterocycles. The molecule has 0 atom stereocenters. The molecule has 1 aromatic rings. The molecule has 11 heavy (non-hydrogen) atoms. The first-order valence-electron chi connectivity index (χ1n) is 3.92. The second-order valence-corrected chi connectivity index (χ2v) is 2.52. The third-order valence-electron chi connectivity index (χ3n) is 1.59. The van der Waals surface area contributed by atoms with E-state index in [4.69, 9.17) is 4.42 Å². The highest BCUT2D eigenvalue weighted by atomic mass is 16.4. The molecule has 0 amide bonds. The number of aryl methyl sites for hydroxylation is 2. The van der Waals surface area contributed by atoms with Crippen LogP contribution in [0.2, 0.25) is 0 Å². The molecule has 3 nitrogen and oxygen atoms in total. The molecule has 0 fully saturated rings. The van der Waals surface area contributed by atoms with Crippen LogP contribution in [0.1, 0.15) is 24.8 Å². The van der Waals surface area contributed by atoms with Crippen molar-refractivity contribution in [2.75, 3.05) is 12.4 Å². The molecule has 0 aliphatic carbocycles. The molecule has 1 aromatic heterocycles. The number of aromatic nitrogens is 1. The van der Waals surface area contributed by atoms with Crippen molar-refractivity contribution >= 4 is 6.01 Å². The van der Waals surface area contributed by atoms with Gasteiger partial charge in [0.25, 0.3) is 6.01 Å². The highest BCUT2D eigenvalue weighted by molar-refractivity contribution is 5.23. The Balaban J connectivity index is 2.79. The van der Waals surface area contributed by atoms with E-state index in [1.165, 1.54) is 0 Å². The molecule has 0 unspecified atom stereocenters. The Morgan fingerprint density at radius 2 is 2.27 bits per heavy atom. The number of nitrogens with zero attached hydrogens (tertiary/aromatic N) is 1. The molecule has 3 heteroatoms. The summed E-state index contributed by atoms with van der Waals surface area (Å²) in [6, 6.07) is 0.617. The Hall–Kier alpha value is -0.990. The molecule has 0 radical (unpaired) electrons. The normalized spacial score (nSPS) is 10.1. The maximum atomic E-state index is 5.29. The maximum absolute atomic E-state index is 5.29. The van der Waals surface area contributed by atoms with Gasteiger partial charge in [-0.2, -0.15) is 4.98 Å². The van der Waals surface area contributed by atoms with Crippen LogP contribution in [-0.4, -0.2) is 12.0 Å². The molecule has 0 spiro atoms. The SMILES string of the molecule is CCCc1nc(NC)oc1C. The molecule has 0 aromatic carbocycles. The van der Waals surface area contributed by atoms with E-state index in [1.807, 2.05) is 6.92 Å². The summed E-state index contributed by atoms with van der Waals surface area (Å²) >= 11 is 0. The van der Waals surface area contributed by atoms with E-state index in [9.17, 15) is 0 Å². The fourth-order valence-electron chi connectivity index (χ4n) is 1.00. The van der Waals surface area contributed by atoms with Gasteiger partial charge in [-0.15, -0.1) is 0 Å². The number of hydrogen-bond acceptors (Lipinski definition) is 3. The second-order valence-electron chi connectivity index (χ2n) is 2.52. The lowest BCUT2D eigenvalue weighted by Gasteiger charge is -1.88. The lowest BCUT2D eigenvalue weighted by Crippen LogP contribution is -1.89. The van der Waals surface area contributed by atoms with Crippen LogP contribution in [0.4, 0.5) is 6.01 Å². The van der Waals surface area contributed by atoms with Crippen molar-refractivity contribution in [3.63, 3.8) is 0 Å². The van der Waals surface area contributed by atoms with Gasteiger partial charge in [-0.05, 0) is 13.3 Å². The Kier molecular flexibility index (Phi) is 2.52. The summed E-state index contributed by atoms with van der Waals surface area (Å²) in [5.74, 6) is 0.927. The van der Waals surface area contributed by atoms with Crippen LogP contribution in [-0.2, 0) is 6.42 Å². The first-order chi connectivity index (χ1) is 5.27. The number of hydrogen-bond donors (Lipinski definition) is 1. The highest BCUT2D eigenvalue weighted by Gasteiger charge is 2.05. The summed E-state index contributed by atoms with van der Waals surface area (Å²) in [5.41, 5.74) is 1.07. The summed E-state index contributed by atoms with van der Waals surface area (Å²) in [6.45, 7) is 4.08. The van der Waals surface area contributed by atoms with Gasteiger partial charge in [0.1, 0.15) is 5.76 Å². The first kappa shape index (κ1) is 8.11. The van der Waals surface area contributed by atoms with Gasteiger partial charge in [0, 0.05) is 7.05 Å². The van der Waals surface area contributed by atoms with Crippen molar-refractivity contribution in [2.24, 2.45) is 0 Å². The Labute approximate surface area is 66.8 Å². The zero-order chi connectivity index (χ0) is 8.27. The minimum absolute atomic E-state index is 0.617. The third kappa shape index (κ3) is 1.73. The van der Waals surface area contributed by atoms with Gasteiger partial charge in [0.2, 0.25) is 0 Å². The maximum Gasteiger partial charge on any atom is 0.294 e. The molecular formula is C8H14N2O. The van der Waals surface area contributed by atoms with Crippen molar-refractivity contribution in [2.45, 2.75) is 26.7 Å². The van der Waals surface area contributed by atoms with Gasteiger partial charge < -0.3 is 9.73 Å². The topological polar surface area (TPSA) is 38.1 Å². The van der Waals surface area contributed by atoms with Crippen LogP contribution in [0.15, 0.2) is 4.42 Å². The van der Waals surface area contributed by atoms with Crippen molar-refractivity contribution in [1.29, 1.82) is 0 Å². The van der Waals surface area contributed by atoms with Crippen LogP contribution in [0, 0.1) is 6.92 Å². The zero-order valence-electron chi connectivity index (χ0n) is 7.27. The monoisotopic (exact) mass is 154 g/mol. The average molecular weight is 154 g/mol. The van der Waals surface area contributed by atoms with Gasteiger partial charge in [-0.3, -0.25) is 0 Å². The number of oxazole rings is 1. The number of anilines is 1. The molecule has 0 saturated heterocycles. The van der Waals surface area contributed by atoms with E-state index in [0.717, 1.165) is 24.3 Å². The molecule has 1 rings (SSSR count). The van der Waals surface area contributed by atoms with Crippen LogP contribution < -0.4 is 5.32 Å². The van der Waals surface area contributed by atoms with Gasteiger partial charge in [-0.25, -0.2) is 0 Å². The van der Waals surface area contributed by atoms with E-state index in [2.05, 4.69) is 17.2 Å². The minimum atomic E-state index is 0.617. The van der Waals surface area contributed by atoms with Crippen molar-refractivity contribution in [3.8, 4) is 0 Å². The van der Waals surface area contributed by atoms with E-state index in [0.29, 0.717) is 6.01 Å². The van der Waals surface area contributed by atoms with Crippen LogP contribution in [0.5, 0.6) is 0 Å². The Morgan fingerprint density at radius 1 is 1.55 bits per heavy atom. The summed E-state index contributed by atoms with van der Waals surface area (Å²) in [6.07, 6.45) is 2.10. The standard InChI is InChI=1S/C8H14N2O/c1-4-5-7-6(2)11-8(9-3)10-7/h4-5H2,1-3H3,(H,9,10). The lowest BCUT2D eigenvalue weighted by atomic mass is 10.2. The summed E-state index contributed by atoms with van der Waals surface area (Å²) in [4.78, 5) is 4.24. The van der Waals surface area contributed by atoms with E-state index >= 15 is 0 Å². The molecular weight excluding hydrogens is 140 g/mol. The first-order valence-corrected chi connectivity index (χ1v) is 3.92. The molecule has 0 bridgehead atoms. The fraction of sp³-hybridized carbons (Fsp3) is 0.625. The molecule has 1 N–H and O–H groups in total. The molecule has 0 aliphatic heterocycles. The number of rotatable bonds is 3. The number of nitrogens with one attached hydrogen (secondary N) is 1. The Morgan fingerprint density at radius 3 is 2.73 bits per heavy atom. The van der Waals surface area contributed by atoms with Crippen LogP contribution in [0.3, 0.4) is 0 Å². The van der Waals surface area contributed by atoms with Crippen molar-refractivity contribution in [3.05, 3.63) is 11.5 Å². The molecule has 0 saturated carbocycles. The van der Waals surface area contributed by atoms with E-state index in [1.54, 1.807) is 7.05 Å². The van der Waals surface area contributed by atoms with Gasteiger partial charge in [0.05, 0.1) is 5.69 Å². The summed E-state index contributed by atoms with van der Waals surface area (Å²) in [7, 11) is 1.81. The fourth-order valence-corrected chi connectivity index (χ4v) is 1.00. The van der Waals surface area contributed by atoms with Gasteiger partial charge in [0.15, 0.2) is 0 Å². The third-order valence-corrected chi connectivity index (χ3v) is 1.59. The van der Waals surface area contributed by atoms with E-state index < -0.39 is 0 Å². The van der Waals surface area contributed by atoms with Crippen LogP contribution >= 0.6 is 0 Å². The van der Waals surface area contributed by atoms with Crippen LogP contribution in [0.25, 0.3) is 0 Å². The van der Waals surface area contributed by atoms with Gasteiger partial charge >= 0.3 is 0 Å². The summed E-state index contributed by atoms with van der Waals surface area (Å²) < 4.78 is 5.29. The highest BCUT2D eigenvalue weighted by Crippen LogP contribution is 2.14. The second kappa shape index (κ2) is 3.42. The zero-order valence-corrected chi connectivity index (χ0v) is 7.27.